The monoisotopic (exact) mass is 341 g/mol. The van der Waals surface area contributed by atoms with Crippen molar-refractivity contribution in [1.82, 2.24) is 15.1 Å². The van der Waals surface area contributed by atoms with Gasteiger partial charge in [-0.3, -0.25) is 9.59 Å². The molecule has 5 aliphatic carbocycles. The molecule has 134 valence electrons. The molecular weight excluding hydrogens is 314 g/mol. The average Bonchev–Trinajstić information content (AvgIpc) is 3.38. The number of carbonyl (C=O) groups excluding carboxylic acids is 1. The van der Waals surface area contributed by atoms with Crippen molar-refractivity contribution in [3.63, 3.8) is 0 Å². The van der Waals surface area contributed by atoms with Gasteiger partial charge in [-0.05, 0) is 82.1 Å². The van der Waals surface area contributed by atoms with Gasteiger partial charge in [-0.1, -0.05) is 0 Å². The van der Waals surface area contributed by atoms with Gasteiger partial charge in [-0.25, -0.2) is 4.68 Å². The first-order chi connectivity index (χ1) is 12.0. The minimum atomic E-state index is -0.542. The highest BCUT2D eigenvalue weighted by Gasteiger charge is 2.51. The quantitative estimate of drug-likeness (QED) is 0.916. The number of amides is 1. The molecule has 0 aromatic carbocycles. The molecule has 1 N–H and O–H groups in total. The van der Waals surface area contributed by atoms with Crippen molar-refractivity contribution >= 4 is 5.91 Å². The summed E-state index contributed by atoms with van der Waals surface area (Å²) in [7, 11) is 0. The van der Waals surface area contributed by atoms with Crippen molar-refractivity contribution in [1.29, 1.82) is 0 Å². The van der Waals surface area contributed by atoms with Gasteiger partial charge in [0.05, 0.1) is 5.69 Å². The fourth-order valence-electron chi connectivity index (χ4n) is 6.05. The van der Waals surface area contributed by atoms with Crippen LogP contribution in [0, 0.1) is 17.8 Å². The minimum Gasteiger partial charge on any atom is -0.349 e. The molecule has 5 fully saturated rings. The highest BCUT2D eigenvalue weighted by Crippen LogP contribution is 2.55. The molecule has 1 aromatic heterocycles. The van der Waals surface area contributed by atoms with Crippen molar-refractivity contribution < 1.29 is 4.79 Å². The summed E-state index contributed by atoms with van der Waals surface area (Å²) in [6.07, 6.45) is 9.73. The summed E-state index contributed by atoms with van der Waals surface area (Å²) in [5.41, 5.74) is 0.754. The number of nitrogens with one attached hydrogen (secondary N) is 1. The number of hydrogen-bond donors (Lipinski definition) is 1. The SMILES string of the molecule is CC(C(=O)NC12CC3CC(CC(C3)C1)C2)n1nc(C2CC2)ccc1=O. The molecule has 5 aliphatic rings. The Labute approximate surface area is 148 Å². The van der Waals surface area contributed by atoms with E-state index in [4.69, 9.17) is 0 Å². The second-order valence-corrected chi connectivity index (χ2v) is 9.18. The molecule has 1 unspecified atom stereocenters. The predicted molar refractivity (Wildman–Crippen MR) is 94.2 cm³/mol. The summed E-state index contributed by atoms with van der Waals surface area (Å²) in [5, 5.41) is 7.87. The van der Waals surface area contributed by atoms with Gasteiger partial charge in [-0.15, -0.1) is 0 Å². The van der Waals surface area contributed by atoms with Gasteiger partial charge < -0.3 is 5.32 Å². The van der Waals surface area contributed by atoms with Crippen molar-refractivity contribution in [2.24, 2.45) is 17.8 Å². The van der Waals surface area contributed by atoms with Crippen molar-refractivity contribution in [2.75, 3.05) is 0 Å². The summed E-state index contributed by atoms with van der Waals surface area (Å²) < 4.78 is 1.39. The summed E-state index contributed by atoms with van der Waals surface area (Å²) in [5.74, 6) is 2.82. The highest BCUT2D eigenvalue weighted by molar-refractivity contribution is 5.80. The topological polar surface area (TPSA) is 64.0 Å². The molecule has 1 amide bonds. The number of aromatic nitrogens is 2. The lowest BCUT2D eigenvalue weighted by molar-refractivity contribution is -0.130. The Morgan fingerprint density at radius 3 is 2.32 bits per heavy atom. The maximum Gasteiger partial charge on any atom is 0.267 e. The van der Waals surface area contributed by atoms with Gasteiger partial charge in [-0.2, -0.15) is 5.10 Å². The lowest BCUT2D eigenvalue weighted by Crippen LogP contribution is -2.60. The predicted octanol–water partition coefficient (Wildman–Crippen LogP) is 2.77. The zero-order chi connectivity index (χ0) is 17.2. The maximum atomic E-state index is 13.0. The van der Waals surface area contributed by atoms with Crippen LogP contribution in [0.15, 0.2) is 16.9 Å². The molecule has 5 saturated carbocycles. The number of hydrogen-bond acceptors (Lipinski definition) is 3. The third-order valence-electron chi connectivity index (χ3n) is 7.01. The Morgan fingerprint density at radius 1 is 1.16 bits per heavy atom. The van der Waals surface area contributed by atoms with Crippen LogP contribution in [0.25, 0.3) is 0 Å². The second-order valence-electron chi connectivity index (χ2n) is 9.18. The standard InChI is InChI=1S/C20H27N3O2/c1-12(23-18(24)5-4-17(22-23)16-2-3-16)19(25)21-20-9-13-6-14(10-20)8-15(7-13)11-20/h4-5,12-16H,2-3,6-11H2,1H3,(H,21,25). The normalized spacial score (nSPS) is 37.1. The van der Waals surface area contributed by atoms with E-state index in [1.165, 1.54) is 23.9 Å². The lowest BCUT2D eigenvalue weighted by atomic mass is 9.53. The Hall–Kier alpha value is -1.65. The minimum absolute atomic E-state index is 0.0161. The van der Waals surface area contributed by atoms with E-state index < -0.39 is 6.04 Å². The Morgan fingerprint density at radius 2 is 1.76 bits per heavy atom. The van der Waals surface area contributed by atoms with Crippen LogP contribution in [-0.2, 0) is 4.79 Å². The second kappa shape index (κ2) is 5.42. The lowest BCUT2D eigenvalue weighted by Gasteiger charge is -2.57. The Balaban J connectivity index is 1.36. The smallest absolute Gasteiger partial charge is 0.267 e. The van der Waals surface area contributed by atoms with E-state index in [2.05, 4.69) is 10.4 Å². The van der Waals surface area contributed by atoms with Crippen LogP contribution >= 0.6 is 0 Å². The van der Waals surface area contributed by atoms with Gasteiger partial charge in [0.25, 0.3) is 5.56 Å². The Bertz CT molecular complexity index is 729. The molecule has 1 atom stereocenters. The number of nitrogens with zero attached hydrogens (tertiary/aromatic N) is 2. The first-order valence-corrected chi connectivity index (χ1v) is 9.93. The molecule has 6 rings (SSSR count). The van der Waals surface area contributed by atoms with Crippen LogP contribution in [0.2, 0.25) is 0 Å². The largest absolute Gasteiger partial charge is 0.349 e. The molecule has 1 heterocycles. The number of rotatable bonds is 4. The highest BCUT2D eigenvalue weighted by atomic mass is 16.2. The van der Waals surface area contributed by atoms with Crippen LogP contribution in [0.1, 0.15) is 75.9 Å². The molecular formula is C20H27N3O2. The van der Waals surface area contributed by atoms with Gasteiger partial charge in [0.1, 0.15) is 6.04 Å². The van der Waals surface area contributed by atoms with Gasteiger partial charge in [0.2, 0.25) is 5.91 Å². The molecule has 0 aliphatic heterocycles. The molecule has 25 heavy (non-hydrogen) atoms. The van der Waals surface area contributed by atoms with Gasteiger partial charge >= 0.3 is 0 Å². The molecule has 0 saturated heterocycles. The maximum absolute atomic E-state index is 13.0. The fourth-order valence-corrected chi connectivity index (χ4v) is 6.05. The van der Waals surface area contributed by atoms with Crippen LogP contribution in [0.4, 0.5) is 0 Å². The van der Waals surface area contributed by atoms with E-state index >= 15 is 0 Å². The third-order valence-corrected chi connectivity index (χ3v) is 7.01. The molecule has 5 nitrogen and oxygen atoms in total. The average molecular weight is 341 g/mol. The summed E-state index contributed by atoms with van der Waals surface area (Å²) in [6.45, 7) is 1.81. The molecule has 1 aromatic rings. The van der Waals surface area contributed by atoms with Crippen LogP contribution in [-0.4, -0.2) is 21.2 Å². The fraction of sp³-hybridized carbons (Fsp3) is 0.750. The zero-order valence-electron chi connectivity index (χ0n) is 14.9. The van der Waals surface area contributed by atoms with E-state index in [9.17, 15) is 9.59 Å². The van der Waals surface area contributed by atoms with Crippen LogP contribution in [0.3, 0.4) is 0 Å². The summed E-state index contributed by atoms with van der Waals surface area (Å²) in [4.78, 5) is 25.2. The first kappa shape index (κ1) is 15.6. The summed E-state index contributed by atoms with van der Waals surface area (Å²) >= 11 is 0. The van der Waals surface area contributed by atoms with Crippen molar-refractivity contribution in [2.45, 2.75) is 75.8 Å². The van der Waals surface area contributed by atoms with E-state index in [0.29, 0.717) is 5.92 Å². The molecule has 5 heteroatoms. The van der Waals surface area contributed by atoms with Gasteiger partial charge in [0, 0.05) is 17.5 Å². The van der Waals surface area contributed by atoms with E-state index in [1.807, 2.05) is 6.07 Å². The molecule has 0 spiro atoms. The van der Waals surface area contributed by atoms with E-state index in [0.717, 1.165) is 55.6 Å². The first-order valence-electron chi connectivity index (χ1n) is 9.93. The van der Waals surface area contributed by atoms with Crippen molar-refractivity contribution in [3.05, 3.63) is 28.2 Å². The number of carbonyl (C=O) groups is 1. The van der Waals surface area contributed by atoms with Crippen molar-refractivity contribution in [3.8, 4) is 0 Å². The zero-order valence-corrected chi connectivity index (χ0v) is 14.9. The van der Waals surface area contributed by atoms with E-state index in [-0.39, 0.29) is 17.0 Å². The molecule has 4 bridgehead atoms. The summed E-state index contributed by atoms with van der Waals surface area (Å²) in [6, 6.07) is 2.84. The van der Waals surface area contributed by atoms with Gasteiger partial charge in [0.15, 0.2) is 0 Å². The molecule has 0 radical (unpaired) electrons. The Kier molecular flexibility index (Phi) is 3.38. The van der Waals surface area contributed by atoms with Crippen LogP contribution < -0.4 is 10.9 Å². The third kappa shape index (κ3) is 2.72. The van der Waals surface area contributed by atoms with Crippen LogP contribution in [0.5, 0.6) is 0 Å². The van der Waals surface area contributed by atoms with E-state index in [1.54, 1.807) is 13.0 Å².